The van der Waals surface area contributed by atoms with Gasteiger partial charge in [-0.25, -0.2) is 13.6 Å². The number of carboxylic acid groups (broad SMARTS) is 1. The van der Waals surface area contributed by atoms with E-state index >= 15 is 0 Å². The first-order chi connectivity index (χ1) is 7.85. The van der Waals surface area contributed by atoms with Crippen LogP contribution in [-0.4, -0.2) is 35.3 Å². The van der Waals surface area contributed by atoms with Crippen LogP contribution in [0.1, 0.15) is 10.4 Å². The van der Waals surface area contributed by atoms with Crippen LogP contribution in [0.5, 0.6) is 0 Å². The number of benzene rings is 1. The van der Waals surface area contributed by atoms with Gasteiger partial charge in [-0.1, -0.05) is 0 Å². The predicted octanol–water partition coefficient (Wildman–Crippen LogP) is 2.19. The number of rotatable bonds is 5. The van der Waals surface area contributed by atoms with Gasteiger partial charge in [-0.2, -0.15) is 0 Å². The van der Waals surface area contributed by atoms with Gasteiger partial charge in [-0.15, -0.1) is 0 Å². The summed E-state index contributed by atoms with van der Waals surface area (Å²) in [5, 5.41) is 19.5. The average molecular weight is 310 g/mol. The Hall–Kier alpha value is -1.21. The van der Waals surface area contributed by atoms with Crippen LogP contribution in [0.4, 0.5) is 14.5 Å². The molecule has 0 aromatic heterocycles. The Bertz CT molecular complexity index is 426. The maximum Gasteiger partial charge on any atom is 0.335 e. The van der Waals surface area contributed by atoms with Gasteiger partial charge in [0.1, 0.15) is 6.61 Å². The normalized spacial score (nSPS) is 11.3. The lowest BCUT2D eigenvalue weighted by Gasteiger charge is -2.15. The molecule has 0 heterocycles. The van der Waals surface area contributed by atoms with E-state index in [1.807, 2.05) is 0 Å². The van der Waals surface area contributed by atoms with Crippen LogP contribution in [0.25, 0.3) is 0 Å². The number of anilines is 1. The molecule has 94 valence electrons. The first kappa shape index (κ1) is 13.9. The standard InChI is InChI=1S/C10H10BrF2NO3/c11-7-3-6(9(16)17)1-2-8(7)14-4-10(12,13)5-15/h1-3,14-15H,4-5H2,(H,16,17). The van der Waals surface area contributed by atoms with E-state index in [9.17, 15) is 13.6 Å². The number of hydrogen-bond donors (Lipinski definition) is 3. The van der Waals surface area contributed by atoms with Crippen molar-refractivity contribution in [2.45, 2.75) is 5.92 Å². The maximum absolute atomic E-state index is 12.8. The van der Waals surface area contributed by atoms with Gasteiger partial charge >= 0.3 is 5.97 Å². The van der Waals surface area contributed by atoms with Crippen molar-refractivity contribution < 1.29 is 23.8 Å². The number of aliphatic hydroxyl groups is 1. The molecule has 0 aliphatic carbocycles. The van der Waals surface area contributed by atoms with Gasteiger partial charge in [0.15, 0.2) is 0 Å². The lowest BCUT2D eigenvalue weighted by Crippen LogP contribution is -2.31. The Labute approximate surface area is 104 Å². The smallest absolute Gasteiger partial charge is 0.335 e. The number of carboxylic acids is 1. The van der Waals surface area contributed by atoms with E-state index < -0.39 is 25.0 Å². The number of hydrogen-bond acceptors (Lipinski definition) is 3. The zero-order valence-electron chi connectivity index (χ0n) is 8.58. The molecule has 0 aliphatic rings. The van der Waals surface area contributed by atoms with Crippen LogP contribution in [-0.2, 0) is 0 Å². The first-order valence-corrected chi connectivity index (χ1v) is 5.40. The summed E-state index contributed by atoms with van der Waals surface area (Å²) in [7, 11) is 0. The fourth-order valence-electron chi connectivity index (χ4n) is 1.07. The molecular formula is C10H10BrF2NO3. The number of halogens is 3. The van der Waals surface area contributed by atoms with Gasteiger partial charge < -0.3 is 15.5 Å². The van der Waals surface area contributed by atoms with Crippen molar-refractivity contribution in [1.82, 2.24) is 0 Å². The van der Waals surface area contributed by atoms with E-state index in [2.05, 4.69) is 21.2 Å². The van der Waals surface area contributed by atoms with Crippen LogP contribution in [0.3, 0.4) is 0 Å². The molecule has 0 bridgehead atoms. The molecule has 1 aromatic rings. The van der Waals surface area contributed by atoms with Crippen molar-refractivity contribution >= 4 is 27.6 Å². The summed E-state index contributed by atoms with van der Waals surface area (Å²) in [5.41, 5.74) is 0.388. The third-order valence-corrected chi connectivity index (χ3v) is 2.64. The van der Waals surface area contributed by atoms with Gasteiger partial charge in [-0.05, 0) is 34.1 Å². The van der Waals surface area contributed by atoms with Crippen molar-refractivity contribution in [3.05, 3.63) is 28.2 Å². The lowest BCUT2D eigenvalue weighted by atomic mass is 10.2. The van der Waals surface area contributed by atoms with E-state index in [-0.39, 0.29) is 5.56 Å². The van der Waals surface area contributed by atoms with Crippen molar-refractivity contribution in [3.8, 4) is 0 Å². The second-order valence-corrected chi connectivity index (χ2v) is 4.22. The minimum atomic E-state index is -3.22. The van der Waals surface area contributed by atoms with Crippen LogP contribution < -0.4 is 5.32 Å². The van der Waals surface area contributed by atoms with Gasteiger partial charge in [-0.3, -0.25) is 0 Å². The third-order valence-electron chi connectivity index (χ3n) is 1.98. The molecule has 0 atom stereocenters. The highest BCUT2D eigenvalue weighted by Gasteiger charge is 2.27. The molecule has 0 unspecified atom stereocenters. The van der Waals surface area contributed by atoms with E-state index in [0.29, 0.717) is 10.2 Å². The Morgan fingerprint density at radius 3 is 2.59 bits per heavy atom. The Morgan fingerprint density at radius 1 is 1.47 bits per heavy atom. The zero-order valence-corrected chi connectivity index (χ0v) is 10.2. The lowest BCUT2D eigenvalue weighted by molar-refractivity contribution is -0.0372. The SMILES string of the molecule is O=C(O)c1ccc(NCC(F)(F)CO)c(Br)c1. The highest BCUT2D eigenvalue weighted by molar-refractivity contribution is 9.10. The second kappa shape index (κ2) is 5.42. The monoisotopic (exact) mass is 309 g/mol. The van der Waals surface area contributed by atoms with Crippen molar-refractivity contribution in [2.75, 3.05) is 18.5 Å². The predicted molar refractivity (Wildman–Crippen MR) is 61.6 cm³/mol. The molecule has 0 saturated heterocycles. The topological polar surface area (TPSA) is 69.6 Å². The summed E-state index contributed by atoms with van der Waals surface area (Å²) in [6.07, 6.45) is 0. The molecule has 4 nitrogen and oxygen atoms in total. The highest BCUT2D eigenvalue weighted by Crippen LogP contribution is 2.25. The molecule has 0 saturated carbocycles. The van der Waals surface area contributed by atoms with Gasteiger partial charge in [0, 0.05) is 10.2 Å². The van der Waals surface area contributed by atoms with Crippen molar-refractivity contribution in [2.24, 2.45) is 0 Å². The molecule has 0 amide bonds. The number of nitrogens with one attached hydrogen (secondary N) is 1. The van der Waals surface area contributed by atoms with Crippen LogP contribution in [0.2, 0.25) is 0 Å². The molecule has 0 fully saturated rings. The summed E-state index contributed by atoms with van der Waals surface area (Å²) in [4.78, 5) is 10.6. The third kappa shape index (κ3) is 3.94. The summed E-state index contributed by atoms with van der Waals surface area (Å²) < 4.78 is 25.9. The van der Waals surface area contributed by atoms with Gasteiger partial charge in [0.05, 0.1) is 12.1 Å². The number of carbonyl (C=O) groups is 1. The number of alkyl halides is 2. The number of aliphatic hydroxyl groups excluding tert-OH is 1. The maximum atomic E-state index is 12.8. The summed E-state index contributed by atoms with van der Waals surface area (Å²) in [5.74, 6) is -4.32. The summed E-state index contributed by atoms with van der Waals surface area (Å²) in [6.45, 7) is -1.97. The molecule has 1 aromatic carbocycles. The quantitative estimate of drug-likeness (QED) is 0.780. The molecule has 3 N–H and O–H groups in total. The molecule has 17 heavy (non-hydrogen) atoms. The van der Waals surface area contributed by atoms with Crippen LogP contribution >= 0.6 is 15.9 Å². The van der Waals surface area contributed by atoms with Crippen molar-refractivity contribution in [3.63, 3.8) is 0 Å². The Balaban J connectivity index is 2.77. The molecule has 7 heteroatoms. The fraction of sp³-hybridized carbons (Fsp3) is 0.300. The first-order valence-electron chi connectivity index (χ1n) is 4.61. The van der Waals surface area contributed by atoms with E-state index in [1.165, 1.54) is 18.2 Å². The van der Waals surface area contributed by atoms with Crippen molar-refractivity contribution in [1.29, 1.82) is 0 Å². The molecule has 0 radical (unpaired) electrons. The van der Waals surface area contributed by atoms with Crippen LogP contribution in [0, 0.1) is 0 Å². The van der Waals surface area contributed by atoms with Gasteiger partial charge in [0.2, 0.25) is 0 Å². The molecular weight excluding hydrogens is 300 g/mol. The Kier molecular flexibility index (Phi) is 4.41. The second-order valence-electron chi connectivity index (χ2n) is 3.37. The molecule has 0 spiro atoms. The van der Waals surface area contributed by atoms with E-state index in [0.717, 1.165) is 0 Å². The molecule has 1 rings (SSSR count). The Morgan fingerprint density at radius 2 is 2.12 bits per heavy atom. The average Bonchev–Trinajstić information content (AvgIpc) is 2.27. The van der Waals surface area contributed by atoms with Gasteiger partial charge in [0.25, 0.3) is 5.92 Å². The van der Waals surface area contributed by atoms with E-state index in [1.54, 1.807) is 0 Å². The minimum Gasteiger partial charge on any atom is -0.478 e. The highest BCUT2D eigenvalue weighted by atomic mass is 79.9. The zero-order chi connectivity index (χ0) is 13.1. The fourth-order valence-corrected chi connectivity index (χ4v) is 1.59. The molecule has 0 aliphatic heterocycles. The number of aromatic carboxylic acids is 1. The largest absolute Gasteiger partial charge is 0.478 e. The summed E-state index contributed by atoms with van der Waals surface area (Å²) >= 11 is 3.07. The van der Waals surface area contributed by atoms with Crippen LogP contribution in [0.15, 0.2) is 22.7 Å². The minimum absolute atomic E-state index is 0.0522. The summed E-state index contributed by atoms with van der Waals surface area (Å²) in [6, 6.07) is 3.98. The van der Waals surface area contributed by atoms with E-state index in [4.69, 9.17) is 10.2 Å².